The Bertz CT molecular complexity index is 2170. The Kier molecular flexibility index (Phi) is 6.09. The summed E-state index contributed by atoms with van der Waals surface area (Å²) in [6.45, 7) is 0. The zero-order valence-electron chi connectivity index (χ0n) is 24.8. The Morgan fingerprint density at radius 1 is 0.667 bits per heavy atom. The topological polar surface area (TPSA) is 28.4 Å². The normalized spacial score (nSPS) is 20.0. The van der Waals surface area contributed by atoms with Crippen molar-refractivity contribution in [2.24, 2.45) is 0 Å². The van der Waals surface area contributed by atoms with Crippen molar-refractivity contribution in [3.05, 3.63) is 169 Å². The number of hydrogen-bond acceptors (Lipinski definition) is 3. The third-order valence-corrected chi connectivity index (χ3v) is 9.45. The van der Waals surface area contributed by atoms with E-state index in [0.717, 1.165) is 34.0 Å². The van der Waals surface area contributed by atoms with Crippen LogP contribution in [0.4, 0.5) is 11.4 Å². The first-order chi connectivity index (χ1) is 22.3. The number of furan rings is 1. The van der Waals surface area contributed by atoms with E-state index in [0.29, 0.717) is 0 Å². The average Bonchev–Trinajstić information content (AvgIpc) is 3.66. The Morgan fingerprint density at radius 3 is 2.18 bits per heavy atom. The van der Waals surface area contributed by atoms with Crippen LogP contribution >= 0.6 is 0 Å². The number of benzene rings is 5. The van der Waals surface area contributed by atoms with Crippen LogP contribution in [0.15, 0.2) is 168 Å². The summed E-state index contributed by atoms with van der Waals surface area (Å²) in [6.07, 6.45) is 17.0. The molecular weight excluding hydrogens is 548 g/mol. The second kappa shape index (κ2) is 10.6. The van der Waals surface area contributed by atoms with Gasteiger partial charge < -0.3 is 14.6 Å². The largest absolute Gasteiger partial charge is 0.454 e. The number of anilines is 2. The zero-order valence-corrected chi connectivity index (χ0v) is 24.8. The predicted octanol–water partition coefficient (Wildman–Crippen LogP) is 10.6. The molecule has 2 aliphatic carbocycles. The number of allylic oxidation sites excluding steroid dienone is 3. The van der Waals surface area contributed by atoms with Crippen molar-refractivity contribution in [1.82, 2.24) is 0 Å². The van der Waals surface area contributed by atoms with Gasteiger partial charge in [0.1, 0.15) is 5.58 Å². The van der Waals surface area contributed by atoms with Crippen molar-refractivity contribution in [2.75, 3.05) is 10.2 Å². The van der Waals surface area contributed by atoms with Crippen molar-refractivity contribution in [2.45, 2.75) is 24.4 Å². The molecule has 9 rings (SSSR count). The first-order valence-corrected chi connectivity index (χ1v) is 15.8. The summed E-state index contributed by atoms with van der Waals surface area (Å²) in [5.41, 5.74) is 11.7. The van der Waals surface area contributed by atoms with Crippen LogP contribution in [-0.2, 0) is 0 Å². The first-order valence-electron chi connectivity index (χ1n) is 15.8. The monoisotopic (exact) mass is 580 g/mol. The average molecular weight is 581 g/mol. The molecule has 6 aromatic rings. The second-order valence-electron chi connectivity index (χ2n) is 12.1. The van der Waals surface area contributed by atoms with E-state index in [1.165, 1.54) is 39.2 Å². The first kappa shape index (κ1) is 25.9. The minimum Gasteiger partial charge on any atom is -0.454 e. The van der Waals surface area contributed by atoms with E-state index in [1.807, 2.05) is 0 Å². The Labute approximate surface area is 263 Å². The van der Waals surface area contributed by atoms with E-state index in [4.69, 9.17) is 4.42 Å². The molecule has 216 valence electrons. The van der Waals surface area contributed by atoms with Gasteiger partial charge in [-0.3, -0.25) is 0 Å². The van der Waals surface area contributed by atoms with Crippen LogP contribution in [0.3, 0.4) is 0 Å². The summed E-state index contributed by atoms with van der Waals surface area (Å²) in [5, 5.41) is 5.98. The molecule has 1 N–H and O–H groups in total. The van der Waals surface area contributed by atoms with Crippen LogP contribution in [0.2, 0.25) is 0 Å². The molecule has 0 bridgehead atoms. The fourth-order valence-electron chi connectivity index (χ4n) is 7.35. The number of para-hydroxylation sites is 2. The van der Waals surface area contributed by atoms with E-state index in [-0.39, 0.29) is 18.0 Å². The predicted molar refractivity (Wildman–Crippen MR) is 188 cm³/mol. The summed E-state index contributed by atoms with van der Waals surface area (Å²) in [6, 6.07) is 41.3. The SMILES string of the molecule is C1=CC2c3c(-c4ccc(-c5ccccc5)cc4)cc4c(oc5ccccc54)c3N(C3=CCC(Nc4ccccc4)C=C3)C2C=C1. The zero-order chi connectivity index (χ0) is 29.7. The molecule has 3 heteroatoms. The maximum Gasteiger partial charge on any atom is 0.159 e. The lowest BCUT2D eigenvalue weighted by atomic mass is 9.85. The highest BCUT2D eigenvalue weighted by Gasteiger charge is 2.42. The van der Waals surface area contributed by atoms with Crippen molar-refractivity contribution in [1.29, 1.82) is 0 Å². The third-order valence-electron chi connectivity index (χ3n) is 9.45. The number of fused-ring (bicyclic) bond motifs is 7. The van der Waals surface area contributed by atoms with Gasteiger partial charge in [0.25, 0.3) is 0 Å². The minimum absolute atomic E-state index is 0.167. The summed E-state index contributed by atoms with van der Waals surface area (Å²) in [7, 11) is 0. The van der Waals surface area contributed by atoms with Crippen molar-refractivity contribution < 1.29 is 4.42 Å². The molecule has 0 saturated carbocycles. The Balaban J connectivity index is 1.20. The van der Waals surface area contributed by atoms with Gasteiger partial charge in [0, 0.05) is 34.1 Å². The smallest absolute Gasteiger partial charge is 0.159 e. The van der Waals surface area contributed by atoms with Crippen LogP contribution in [0.1, 0.15) is 17.9 Å². The molecule has 1 aromatic heterocycles. The molecule has 0 saturated heterocycles. The fourth-order valence-corrected chi connectivity index (χ4v) is 7.35. The lowest BCUT2D eigenvalue weighted by Gasteiger charge is -2.31. The molecule has 3 atom stereocenters. The molecule has 5 aromatic carbocycles. The highest BCUT2D eigenvalue weighted by atomic mass is 16.3. The summed E-state index contributed by atoms with van der Waals surface area (Å²) >= 11 is 0. The Hall–Kier alpha value is -5.54. The van der Waals surface area contributed by atoms with E-state index in [2.05, 4.69) is 168 Å². The standard InChI is InChI=1S/C42H32N2O/c1-3-11-28(12-4-1)29-19-21-30(22-20-29)36-27-37-34-15-8-10-18-39(34)45-42(37)41-40(36)35-16-7-9-17-38(35)44(41)33-25-23-32(24-26-33)43-31-13-5-2-6-14-31/h1-23,25-27,32,35,38,43H,24H2. The molecule has 1 aliphatic heterocycles. The Morgan fingerprint density at radius 2 is 1.38 bits per heavy atom. The van der Waals surface area contributed by atoms with Crippen LogP contribution in [0.5, 0.6) is 0 Å². The summed E-state index contributed by atoms with van der Waals surface area (Å²) < 4.78 is 6.74. The van der Waals surface area contributed by atoms with Crippen molar-refractivity contribution in [3.63, 3.8) is 0 Å². The van der Waals surface area contributed by atoms with Gasteiger partial charge in [-0.1, -0.05) is 127 Å². The maximum absolute atomic E-state index is 6.74. The van der Waals surface area contributed by atoms with Gasteiger partial charge in [-0.15, -0.1) is 0 Å². The van der Waals surface area contributed by atoms with Crippen LogP contribution in [-0.4, -0.2) is 12.1 Å². The number of nitrogens with zero attached hydrogens (tertiary/aromatic N) is 1. The van der Waals surface area contributed by atoms with Crippen LogP contribution in [0, 0.1) is 0 Å². The molecule has 0 radical (unpaired) electrons. The number of nitrogens with one attached hydrogen (secondary N) is 1. The molecule has 0 amide bonds. The highest BCUT2D eigenvalue weighted by molar-refractivity contribution is 6.13. The van der Waals surface area contributed by atoms with Gasteiger partial charge in [0.05, 0.1) is 11.7 Å². The van der Waals surface area contributed by atoms with E-state index in [9.17, 15) is 0 Å². The minimum atomic E-state index is 0.167. The van der Waals surface area contributed by atoms with Gasteiger partial charge in [-0.25, -0.2) is 0 Å². The number of rotatable bonds is 5. The molecule has 2 heterocycles. The molecule has 0 fully saturated rings. The molecule has 3 nitrogen and oxygen atoms in total. The molecule has 3 unspecified atom stereocenters. The van der Waals surface area contributed by atoms with E-state index >= 15 is 0 Å². The van der Waals surface area contributed by atoms with Gasteiger partial charge in [-0.05, 0) is 64.6 Å². The quantitative estimate of drug-likeness (QED) is 0.220. The summed E-state index contributed by atoms with van der Waals surface area (Å²) in [5.74, 6) is 0.209. The third kappa shape index (κ3) is 4.35. The molecule has 0 spiro atoms. The van der Waals surface area contributed by atoms with Gasteiger partial charge in [-0.2, -0.15) is 0 Å². The van der Waals surface area contributed by atoms with Gasteiger partial charge >= 0.3 is 0 Å². The molecule has 45 heavy (non-hydrogen) atoms. The highest BCUT2D eigenvalue weighted by Crippen LogP contribution is 2.55. The van der Waals surface area contributed by atoms with E-state index < -0.39 is 0 Å². The van der Waals surface area contributed by atoms with E-state index in [1.54, 1.807) is 0 Å². The van der Waals surface area contributed by atoms with Gasteiger partial charge in [0.15, 0.2) is 5.58 Å². The van der Waals surface area contributed by atoms with Crippen molar-refractivity contribution >= 4 is 33.3 Å². The maximum atomic E-state index is 6.74. The van der Waals surface area contributed by atoms with Crippen molar-refractivity contribution in [3.8, 4) is 22.3 Å². The fraction of sp³-hybridized carbons (Fsp3) is 0.0952. The molecule has 3 aliphatic rings. The number of hydrogen-bond donors (Lipinski definition) is 1. The summed E-state index contributed by atoms with van der Waals surface area (Å²) in [4.78, 5) is 2.53. The lowest BCUT2D eigenvalue weighted by Crippen LogP contribution is -2.33. The van der Waals surface area contributed by atoms with Crippen LogP contribution in [0.25, 0.3) is 44.2 Å². The second-order valence-corrected chi connectivity index (χ2v) is 12.1. The van der Waals surface area contributed by atoms with Crippen LogP contribution < -0.4 is 10.2 Å². The molecular formula is C42H32N2O. The van der Waals surface area contributed by atoms with Gasteiger partial charge in [0.2, 0.25) is 0 Å². The lowest BCUT2D eigenvalue weighted by molar-refractivity contribution is 0.666.